The lowest BCUT2D eigenvalue weighted by atomic mass is 10.2. The van der Waals surface area contributed by atoms with Crippen LogP contribution >= 0.6 is 11.8 Å². The molecule has 0 fully saturated rings. The van der Waals surface area contributed by atoms with Crippen LogP contribution in [0.25, 0.3) is 10.9 Å². The third-order valence-electron chi connectivity index (χ3n) is 3.18. The average Bonchev–Trinajstić information content (AvgIpc) is 2.84. The van der Waals surface area contributed by atoms with E-state index in [9.17, 15) is 0 Å². The predicted octanol–water partition coefficient (Wildman–Crippen LogP) is 3.74. The standard InChI is InChI=1S/C16H17N3S/c1-11-7-12(9-17-2)10-18-16(11)20-15-8-13-5-3-4-6-14(13)19-15/h3-8,10,17,19H,9H2,1-2H3. The van der Waals surface area contributed by atoms with Crippen molar-refractivity contribution in [1.82, 2.24) is 15.3 Å². The number of aromatic amines is 1. The molecule has 0 saturated heterocycles. The summed E-state index contributed by atoms with van der Waals surface area (Å²) in [5, 5.41) is 6.56. The van der Waals surface area contributed by atoms with E-state index >= 15 is 0 Å². The van der Waals surface area contributed by atoms with Gasteiger partial charge in [0.1, 0.15) is 5.03 Å². The lowest BCUT2D eigenvalue weighted by Crippen LogP contribution is -2.05. The normalized spacial score (nSPS) is 11.1. The monoisotopic (exact) mass is 283 g/mol. The Bertz CT molecular complexity index is 700. The van der Waals surface area contributed by atoms with Crippen LogP contribution < -0.4 is 5.32 Å². The number of nitrogens with zero attached hydrogens (tertiary/aromatic N) is 1. The highest BCUT2D eigenvalue weighted by atomic mass is 32.2. The van der Waals surface area contributed by atoms with Crippen LogP contribution in [0.1, 0.15) is 11.1 Å². The predicted molar refractivity (Wildman–Crippen MR) is 84.2 cm³/mol. The Kier molecular flexibility index (Phi) is 3.76. The minimum Gasteiger partial charge on any atom is -0.349 e. The van der Waals surface area contributed by atoms with Gasteiger partial charge in [-0.2, -0.15) is 0 Å². The molecule has 102 valence electrons. The highest BCUT2D eigenvalue weighted by molar-refractivity contribution is 7.99. The number of nitrogens with one attached hydrogen (secondary N) is 2. The molecule has 3 nitrogen and oxygen atoms in total. The number of para-hydroxylation sites is 1. The fourth-order valence-corrected chi connectivity index (χ4v) is 3.11. The Hall–Kier alpha value is -1.78. The van der Waals surface area contributed by atoms with Crippen molar-refractivity contribution in [3.63, 3.8) is 0 Å². The van der Waals surface area contributed by atoms with Gasteiger partial charge in [-0.1, -0.05) is 36.0 Å². The second-order valence-corrected chi connectivity index (χ2v) is 5.85. The van der Waals surface area contributed by atoms with E-state index in [4.69, 9.17) is 0 Å². The summed E-state index contributed by atoms with van der Waals surface area (Å²) in [5.74, 6) is 0. The first-order valence-electron chi connectivity index (χ1n) is 6.62. The van der Waals surface area contributed by atoms with Gasteiger partial charge < -0.3 is 10.3 Å². The highest BCUT2D eigenvalue weighted by Gasteiger charge is 2.06. The Morgan fingerprint density at radius 3 is 2.85 bits per heavy atom. The SMILES string of the molecule is CNCc1cnc(Sc2cc3ccccc3[nH]2)c(C)c1. The van der Waals surface area contributed by atoms with Gasteiger partial charge in [-0.3, -0.25) is 0 Å². The third-order valence-corrected chi connectivity index (χ3v) is 4.24. The fraction of sp³-hybridized carbons (Fsp3) is 0.188. The maximum Gasteiger partial charge on any atom is 0.105 e. The molecule has 1 aromatic carbocycles. The molecule has 0 spiro atoms. The summed E-state index contributed by atoms with van der Waals surface area (Å²) in [4.78, 5) is 7.99. The van der Waals surface area contributed by atoms with E-state index in [1.165, 1.54) is 22.0 Å². The number of pyridine rings is 1. The van der Waals surface area contributed by atoms with Gasteiger partial charge in [0.2, 0.25) is 0 Å². The zero-order valence-electron chi connectivity index (χ0n) is 11.6. The first kappa shape index (κ1) is 13.2. The van der Waals surface area contributed by atoms with Crippen molar-refractivity contribution < 1.29 is 0 Å². The minimum absolute atomic E-state index is 0.852. The summed E-state index contributed by atoms with van der Waals surface area (Å²) >= 11 is 1.68. The van der Waals surface area contributed by atoms with E-state index < -0.39 is 0 Å². The first-order valence-corrected chi connectivity index (χ1v) is 7.43. The summed E-state index contributed by atoms with van der Waals surface area (Å²) < 4.78 is 0. The number of rotatable bonds is 4. The Morgan fingerprint density at radius 1 is 1.25 bits per heavy atom. The molecule has 0 aliphatic rings. The van der Waals surface area contributed by atoms with Crippen molar-refractivity contribution in [2.75, 3.05) is 7.05 Å². The lowest BCUT2D eigenvalue weighted by molar-refractivity contribution is 0.806. The molecular weight excluding hydrogens is 266 g/mol. The summed E-state index contributed by atoms with van der Waals surface area (Å²) in [7, 11) is 1.95. The number of H-pyrrole nitrogens is 1. The van der Waals surface area contributed by atoms with Crippen LogP contribution in [0, 0.1) is 6.92 Å². The molecule has 2 aromatic heterocycles. The van der Waals surface area contributed by atoms with Crippen molar-refractivity contribution in [2.24, 2.45) is 0 Å². The van der Waals surface area contributed by atoms with Gasteiger partial charge in [-0.15, -0.1) is 0 Å². The molecule has 0 bridgehead atoms. The van der Waals surface area contributed by atoms with E-state index in [2.05, 4.69) is 52.5 Å². The maximum atomic E-state index is 4.57. The van der Waals surface area contributed by atoms with Gasteiger partial charge in [-0.05, 0) is 37.2 Å². The van der Waals surface area contributed by atoms with Gasteiger partial charge in [0, 0.05) is 23.6 Å². The Labute approximate surface area is 122 Å². The van der Waals surface area contributed by atoms with Gasteiger partial charge in [0.15, 0.2) is 0 Å². The van der Waals surface area contributed by atoms with Crippen LogP contribution in [0.5, 0.6) is 0 Å². The second kappa shape index (κ2) is 5.69. The molecule has 0 atom stereocenters. The Morgan fingerprint density at radius 2 is 2.10 bits per heavy atom. The molecule has 0 unspecified atom stereocenters. The topological polar surface area (TPSA) is 40.7 Å². The Balaban J connectivity index is 1.86. The number of aryl methyl sites for hydroxylation is 1. The van der Waals surface area contributed by atoms with Gasteiger partial charge >= 0.3 is 0 Å². The van der Waals surface area contributed by atoms with Crippen molar-refractivity contribution in [1.29, 1.82) is 0 Å². The van der Waals surface area contributed by atoms with E-state index in [1.807, 2.05) is 19.3 Å². The molecule has 0 aliphatic carbocycles. The number of hydrogen-bond acceptors (Lipinski definition) is 3. The fourth-order valence-electron chi connectivity index (χ4n) is 2.23. The zero-order chi connectivity index (χ0) is 13.9. The third kappa shape index (κ3) is 2.71. The number of fused-ring (bicyclic) bond motifs is 1. The quantitative estimate of drug-likeness (QED) is 0.766. The molecule has 2 heterocycles. The van der Waals surface area contributed by atoms with Crippen LogP contribution in [0.4, 0.5) is 0 Å². The second-order valence-electron chi connectivity index (χ2n) is 4.82. The van der Waals surface area contributed by atoms with Gasteiger partial charge in [0.25, 0.3) is 0 Å². The number of benzene rings is 1. The molecule has 20 heavy (non-hydrogen) atoms. The lowest BCUT2D eigenvalue weighted by Gasteiger charge is -2.06. The van der Waals surface area contributed by atoms with Crippen LogP contribution in [-0.2, 0) is 6.54 Å². The average molecular weight is 283 g/mol. The van der Waals surface area contributed by atoms with Crippen LogP contribution in [0.15, 0.2) is 52.6 Å². The van der Waals surface area contributed by atoms with Gasteiger partial charge in [0.05, 0.1) is 5.03 Å². The van der Waals surface area contributed by atoms with Crippen molar-refractivity contribution in [3.05, 3.63) is 53.7 Å². The summed E-state index contributed by atoms with van der Waals surface area (Å²) in [6, 6.07) is 12.7. The number of hydrogen-bond donors (Lipinski definition) is 2. The summed E-state index contributed by atoms with van der Waals surface area (Å²) in [6.07, 6.45) is 1.94. The first-order chi connectivity index (χ1) is 9.76. The molecule has 3 aromatic rings. The zero-order valence-corrected chi connectivity index (χ0v) is 12.4. The molecule has 2 N–H and O–H groups in total. The van der Waals surface area contributed by atoms with Crippen molar-refractivity contribution in [3.8, 4) is 0 Å². The summed E-state index contributed by atoms with van der Waals surface area (Å²) in [5.41, 5.74) is 3.59. The van der Waals surface area contributed by atoms with Crippen LogP contribution in [0.3, 0.4) is 0 Å². The van der Waals surface area contributed by atoms with Gasteiger partial charge in [-0.25, -0.2) is 4.98 Å². The molecule has 0 saturated carbocycles. The van der Waals surface area contributed by atoms with E-state index in [-0.39, 0.29) is 0 Å². The van der Waals surface area contributed by atoms with Crippen LogP contribution in [-0.4, -0.2) is 17.0 Å². The maximum absolute atomic E-state index is 4.57. The molecule has 0 aliphatic heterocycles. The van der Waals surface area contributed by atoms with Crippen molar-refractivity contribution >= 4 is 22.7 Å². The molecule has 0 amide bonds. The van der Waals surface area contributed by atoms with Crippen molar-refractivity contribution in [2.45, 2.75) is 23.5 Å². The van der Waals surface area contributed by atoms with E-state index in [0.717, 1.165) is 16.6 Å². The minimum atomic E-state index is 0.852. The highest BCUT2D eigenvalue weighted by Crippen LogP contribution is 2.30. The number of aromatic nitrogens is 2. The smallest absolute Gasteiger partial charge is 0.105 e. The molecule has 0 radical (unpaired) electrons. The largest absolute Gasteiger partial charge is 0.349 e. The summed E-state index contributed by atoms with van der Waals surface area (Å²) in [6.45, 7) is 2.96. The van der Waals surface area contributed by atoms with E-state index in [0.29, 0.717) is 0 Å². The molecule has 4 heteroatoms. The molecule has 3 rings (SSSR count). The van der Waals surface area contributed by atoms with Crippen LogP contribution in [0.2, 0.25) is 0 Å². The molecular formula is C16H17N3S. The van der Waals surface area contributed by atoms with E-state index in [1.54, 1.807) is 11.8 Å².